The van der Waals surface area contributed by atoms with Gasteiger partial charge in [0, 0.05) is 10.0 Å². The van der Waals surface area contributed by atoms with Crippen molar-refractivity contribution in [1.82, 2.24) is 5.32 Å². The van der Waals surface area contributed by atoms with Crippen molar-refractivity contribution in [2.45, 2.75) is 58.4 Å². The van der Waals surface area contributed by atoms with Gasteiger partial charge in [0.05, 0.1) is 6.42 Å². The Morgan fingerprint density at radius 3 is 2.16 bits per heavy atom. The molecule has 6 heteroatoms. The number of nitrogens with one attached hydrogen (secondary N) is 1. The molecule has 0 unspecified atom stereocenters. The van der Waals surface area contributed by atoms with Gasteiger partial charge in [0.15, 0.2) is 0 Å². The third-order valence-electron chi connectivity index (χ3n) is 5.25. The smallest absolute Gasteiger partial charge is 0.329 e. The highest BCUT2D eigenvalue weighted by atomic mass is 35.5. The first-order chi connectivity index (χ1) is 11.5. The molecule has 0 atom stereocenters. The van der Waals surface area contributed by atoms with Crippen molar-refractivity contribution < 1.29 is 14.7 Å². The van der Waals surface area contributed by atoms with Gasteiger partial charge in [-0.15, -0.1) is 0 Å². The maximum absolute atomic E-state index is 12.5. The Hall–Kier alpha value is -1.26. The summed E-state index contributed by atoms with van der Waals surface area (Å²) in [5, 5.41) is 13.3. The van der Waals surface area contributed by atoms with Crippen LogP contribution in [0.4, 0.5) is 0 Å². The van der Waals surface area contributed by atoms with Crippen molar-refractivity contribution in [3.63, 3.8) is 0 Å². The van der Waals surface area contributed by atoms with E-state index in [0.29, 0.717) is 34.4 Å². The lowest BCUT2D eigenvalue weighted by Crippen LogP contribution is -2.57. The largest absolute Gasteiger partial charge is 0.480 e. The summed E-state index contributed by atoms with van der Waals surface area (Å²) in [5.41, 5.74) is -0.543. The number of hydrogen-bond acceptors (Lipinski definition) is 2. The Morgan fingerprint density at radius 1 is 1.20 bits per heavy atom. The quantitative estimate of drug-likeness (QED) is 0.788. The van der Waals surface area contributed by atoms with E-state index < -0.39 is 11.5 Å². The lowest BCUT2D eigenvalue weighted by atomic mass is 9.67. The third-order valence-corrected chi connectivity index (χ3v) is 5.96. The second kappa shape index (κ2) is 7.55. The van der Waals surface area contributed by atoms with Gasteiger partial charge in [0.2, 0.25) is 5.91 Å². The van der Waals surface area contributed by atoms with E-state index >= 15 is 0 Å². The number of aliphatic carboxylic acids is 1. The maximum atomic E-state index is 12.5. The first-order valence-electron chi connectivity index (χ1n) is 8.52. The molecule has 1 saturated carbocycles. The molecular weight excluding hydrogens is 361 g/mol. The summed E-state index contributed by atoms with van der Waals surface area (Å²) in [6.45, 7) is 6.51. The van der Waals surface area contributed by atoms with Gasteiger partial charge in [-0.25, -0.2) is 4.79 Å². The van der Waals surface area contributed by atoms with Crippen LogP contribution in [-0.4, -0.2) is 22.5 Å². The second-order valence-electron chi connectivity index (χ2n) is 7.95. The molecule has 0 spiro atoms. The van der Waals surface area contributed by atoms with Crippen LogP contribution in [0.25, 0.3) is 0 Å². The molecule has 1 aliphatic rings. The highest BCUT2D eigenvalue weighted by molar-refractivity contribution is 6.36. The zero-order valence-electron chi connectivity index (χ0n) is 14.9. The van der Waals surface area contributed by atoms with E-state index in [1.165, 1.54) is 0 Å². The summed E-state index contributed by atoms with van der Waals surface area (Å²) in [7, 11) is 0. The van der Waals surface area contributed by atoms with Crippen molar-refractivity contribution in [1.29, 1.82) is 0 Å². The summed E-state index contributed by atoms with van der Waals surface area (Å²) in [6, 6.07) is 5.04. The molecule has 0 bridgehead atoms. The molecule has 138 valence electrons. The fourth-order valence-electron chi connectivity index (χ4n) is 3.54. The number of carbonyl (C=O) groups is 2. The number of carboxylic acid groups (broad SMARTS) is 1. The number of rotatable bonds is 4. The van der Waals surface area contributed by atoms with E-state index in [4.69, 9.17) is 23.2 Å². The van der Waals surface area contributed by atoms with E-state index in [2.05, 4.69) is 26.1 Å². The topological polar surface area (TPSA) is 66.4 Å². The summed E-state index contributed by atoms with van der Waals surface area (Å²) >= 11 is 12.2. The summed E-state index contributed by atoms with van der Waals surface area (Å²) in [6.07, 6.45) is 2.40. The molecule has 0 saturated heterocycles. The van der Waals surface area contributed by atoms with Crippen LogP contribution >= 0.6 is 23.2 Å². The molecule has 4 nitrogen and oxygen atoms in total. The van der Waals surface area contributed by atoms with Crippen LogP contribution in [0.3, 0.4) is 0 Å². The van der Waals surface area contributed by atoms with Crippen LogP contribution in [-0.2, 0) is 16.0 Å². The molecule has 1 aromatic rings. The average molecular weight is 386 g/mol. The molecule has 1 aliphatic carbocycles. The SMILES string of the molecule is CC(C)(C)C1CCC(NC(=O)Cc2c(Cl)cccc2Cl)(C(=O)O)CC1. The maximum Gasteiger partial charge on any atom is 0.329 e. The number of amides is 1. The average Bonchev–Trinajstić information content (AvgIpc) is 2.50. The van der Waals surface area contributed by atoms with Crippen LogP contribution in [0.5, 0.6) is 0 Å². The van der Waals surface area contributed by atoms with Gasteiger partial charge >= 0.3 is 5.97 Å². The van der Waals surface area contributed by atoms with Crippen LogP contribution in [0.15, 0.2) is 18.2 Å². The second-order valence-corrected chi connectivity index (χ2v) is 8.77. The van der Waals surface area contributed by atoms with E-state index in [1.807, 2.05) is 0 Å². The number of hydrogen-bond donors (Lipinski definition) is 2. The zero-order valence-corrected chi connectivity index (χ0v) is 16.4. The Bertz CT molecular complexity index is 639. The fraction of sp³-hybridized carbons (Fsp3) is 0.579. The Morgan fingerprint density at radius 2 is 1.72 bits per heavy atom. The number of carboxylic acids is 1. The van der Waals surface area contributed by atoms with Crippen LogP contribution in [0.1, 0.15) is 52.0 Å². The van der Waals surface area contributed by atoms with Crippen LogP contribution in [0, 0.1) is 11.3 Å². The van der Waals surface area contributed by atoms with Gasteiger partial charge in [-0.3, -0.25) is 4.79 Å². The Labute approximate surface area is 158 Å². The highest BCUT2D eigenvalue weighted by Gasteiger charge is 2.45. The van der Waals surface area contributed by atoms with Crippen molar-refractivity contribution in [2.75, 3.05) is 0 Å². The molecule has 25 heavy (non-hydrogen) atoms. The molecule has 2 rings (SSSR count). The van der Waals surface area contributed by atoms with Crippen molar-refractivity contribution >= 4 is 35.1 Å². The first-order valence-corrected chi connectivity index (χ1v) is 9.28. The van der Waals surface area contributed by atoms with Gasteiger partial charge in [-0.05, 0) is 54.7 Å². The van der Waals surface area contributed by atoms with Crippen molar-refractivity contribution in [3.8, 4) is 0 Å². The monoisotopic (exact) mass is 385 g/mol. The number of halogens is 2. The zero-order chi connectivity index (χ0) is 18.8. The Kier molecular flexibility index (Phi) is 6.05. The molecule has 0 heterocycles. The molecule has 0 aromatic heterocycles. The van der Waals surface area contributed by atoms with Gasteiger partial charge in [-0.2, -0.15) is 0 Å². The normalized spacial score (nSPS) is 24.0. The van der Waals surface area contributed by atoms with Crippen molar-refractivity contribution in [3.05, 3.63) is 33.8 Å². The third kappa shape index (κ3) is 4.68. The van der Waals surface area contributed by atoms with E-state index in [1.54, 1.807) is 18.2 Å². The lowest BCUT2D eigenvalue weighted by Gasteiger charge is -2.42. The minimum Gasteiger partial charge on any atom is -0.480 e. The Balaban J connectivity index is 2.10. The molecule has 1 fully saturated rings. The van der Waals surface area contributed by atoms with Gasteiger partial charge in [-0.1, -0.05) is 50.0 Å². The molecule has 2 N–H and O–H groups in total. The molecule has 1 amide bonds. The van der Waals surface area contributed by atoms with Gasteiger partial charge in [0.1, 0.15) is 5.54 Å². The molecule has 1 aromatic carbocycles. The van der Waals surface area contributed by atoms with E-state index in [9.17, 15) is 14.7 Å². The van der Waals surface area contributed by atoms with E-state index in [0.717, 1.165) is 12.8 Å². The predicted octanol–water partition coefficient (Wildman–Crippen LogP) is 4.71. The van der Waals surface area contributed by atoms with Crippen LogP contribution in [0.2, 0.25) is 10.0 Å². The summed E-state index contributed by atoms with van der Waals surface area (Å²) in [5.74, 6) is -0.889. The van der Waals surface area contributed by atoms with E-state index in [-0.39, 0.29) is 17.7 Å². The minimum atomic E-state index is -1.20. The fourth-order valence-corrected chi connectivity index (χ4v) is 4.07. The number of benzene rings is 1. The molecule has 0 radical (unpaired) electrons. The number of carbonyl (C=O) groups excluding carboxylic acids is 1. The lowest BCUT2D eigenvalue weighted by molar-refractivity contribution is -0.150. The molecular formula is C19H25Cl2NO3. The van der Waals surface area contributed by atoms with Gasteiger partial charge in [0.25, 0.3) is 0 Å². The van der Waals surface area contributed by atoms with Crippen molar-refractivity contribution in [2.24, 2.45) is 11.3 Å². The predicted molar refractivity (Wildman–Crippen MR) is 100 cm³/mol. The minimum absolute atomic E-state index is 0.0315. The van der Waals surface area contributed by atoms with Crippen LogP contribution < -0.4 is 5.32 Å². The first kappa shape index (κ1) is 20.1. The summed E-state index contributed by atoms with van der Waals surface area (Å²) < 4.78 is 0. The summed E-state index contributed by atoms with van der Waals surface area (Å²) in [4.78, 5) is 24.4. The van der Waals surface area contributed by atoms with Gasteiger partial charge < -0.3 is 10.4 Å². The molecule has 0 aliphatic heterocycles. The standard InChI is InChI=1S/C19H25Cl2NO3/c1-18(2,3)12-7-9-19(10-8-12,17(24)25)22-16(23)11-13-14(20)5-4-6-15(13)21/h4-6,12H,7-11H2,1-3H3,(H,22,23)(H,24,25). The highest BCUT2D eigenvalue weighted by Crippen LogP contribution is 2.41.